The van der Waals surface area contributed by atoms with E-state index in [2.05, 4.69) is 45.0 Å². The Morgan fingerprint density at radius 2 is 1.29 bits per heavy atom. The fourth-order valence-electron chi connectivity index (χ4n) is 2.77. The van der Waals surface area contributed by atoms with Crippen LogP contribution >= 0.6 is 0 Å². The second-order valence-electron chi connectivity index (χ2n) is 9.67. The maximum absolute atomic E-state index is 13.4. The van der Waals surface area contributed by atoms with Crippen LogP contribution < -0.4 is 0 Å². The smallest absolute Gasteiger partial charge is 0.137 e. The van der Waals surface area contributed by atoms with Gasteiger partial charge in [-0.1, -0.05) is 81.0 Å². The first-order valence-electron chi connectivity index (χ1n) is 10.5. The van der Waals surface area contributed by atoms with Crippen LogP contribution in [-0.4, -0.2) is 21.1 Å². The molecule has 0 saturated carbocycles. The first kappa shape index (κ1) is 25.5. The summed E-state index contributed by atoms with van der Waals surface area (Å²) in [4.78, 5) is 1.38. The molecule has 0 aromatic heterocycles. The summed E-state index contributed by atoms with van der Waals surface area (Å²) in [6.45, 7) is 14.9. The molecule has 0 aliphatic carbocycles. The Labute approximate surface area is 194 Å². The molecule has 0 aliphatic rings. The van der Waals surface area contributed by atoms with Crippen molar-refractivity contribution in [2.24, 2.45) is 5.41 Å². The Balaban J connectivity index is 2.36. The summed E-state index contributed by atoms with van der Waals surface area (Å²) in [6.07, 6.45) is 4.63. The summed E-state index contributed by atoms with van der Waals surface area (Å²) >= 11 is 0. The lowest BCUT2D eigenvalue weighted by Crippen LogP contribution is -2.21. The van der Waals surface area contributed by atoms with Crippen LogP contribution in [0, 0.1) is 30.7 Å². The number of rotatable bonds is 7. The second-order valence-corrected chi connectivity index (χ2v) is 17.9. The molecule has 2 aromatic carbocycles. The van der Waals surface area contributed by atoms with Gasteiger partial charge in [-0.25, -0.2) is 0 Å². The van der Waals surface area contributed by atoms with Gasteiger partial charge in [-0.3, -0.25) is 8.42 Å². The molecular formula is C26H34O2S2Si. The number of benzene rings is 2. The van der Waals surface area contributed by atoms with Crippen LogP contribution in [0.2, 0.25) is 19.6 Å². The molecule has 0 spiro atoms. The molecule has 2 unspecified atom stereocenters. The number of hydrogen-bond acceptors (Lipinski definition) is 2. The van der Waals surface area contributed by atoms with E-state index in [0.29, 0.717) is 9.79 Å². The molecular weight excluding hydrogens is 437 g/mol. The van der Waals surface area contributed by atoms with Crippen LogP contribution in [0.4, 0.5) is 0 Å². The Kier molecular flexibility index (Phi) is 8.82. The van der Waals surface area contributed by atoms with Gasteiger partial charge in [-0.15, -0.1) is 11.5 Å². The van der Waals surface area contributed by atoms with E-state index < -0.39 is 34.3 Å². The van der Waals surface area contributed by atoms with Crippen LogP contribution in [-0.2, 0) is 21.6 Å². The molecule has 0 saturated heterocycles. The number of allylic oxidation sites excluding steroid dienone is 1. The third-order valence-corrected chi connectivity index (χ3v) is 9.25. The molecule has 0 fully saturated rings. The first-order valence-corrected chi connectivity index (χ1v) is 16.4. The van der Waals surface area contributed by atoms with E-state index in [-0.39, 0.29) is 5.41 Å². The maximum atomic E-state index is 13.4. The van der Waals surface area contributed by atoms with Crippen molar-refractivity contribution in [3.8, 4) is 11.5 Å². The standard InChI is InChI=1S/C26H34O2S2Si/c1-21-9-13-23(14-10-21)29(27)25(30(28)24-15-11-22(2)12-16-24)17-19-26(3,4)18-8-20-31(5,6)7/h9-17,19,25H,18H2,1-7H3/b19-17+. The topological polar surface area (TPSA) is 34.1 Å². The zero-order valence-corrected chi connectivity index (χ0v) is 22.3. The Hall–Kier alpha value is -1.74. The molecule has 0 bridgehead atoms. The molecule has 0 N–H and O–H groups in total. The predicted octanol–water partition coefficient (Wildman–Crippen LogP) is 6.40. The number of hydrogen-bond donors (Lipinski definition) is 0. The van der Waals surface area contributed by atoms with Gasteiger partial charge in [0.1, 0.15) is 12.7 Å². The third-order valence-electron chi connectivity index (χ3n) is 4.64. The molecule has 0 heterocycles. The highest BCUT2D eigenvalue weighted by atomic mass is 32.2. The van der Waals surface area contributed by atoms with E-state index in [1.807, 2.05) is 74.5 Å². The molecule has 0 amide bonds. The first-order chi connectivity index (χ1) is 14.4. The van der Waals surface area contributed by atoms with Crippen LogP contribution in [0.15, 0.2) is 70.5 Å². The maximum Gasteiger partial charge on any atom is 0.137 e. The van der Waals surface area contributed by atoms with Crippen molar-refractivity contribution in [3.05, 3.63) is 71.8 Å². The minimum Gasteiger partial charge on any atom is -0.253 e. The molecule has 5 heteroatoms. The van der Waals surface area contributed by atoms with Crippen molar-refractivity contribution in [1.29, 1.82) is 0 Å². The van der Waals surface area contributed by atoms with Crippen molar-refractivity contribution >= 4 is 29.7 Å². The zero-order valence-electron chi connectivity index (χ0n) is 19.7. The molecule has 2 rings (SSSR count). The van der Waals surface area contributed by atoms with E-state index in [4.69, 9.17) is 0 Å². The Bertz CT molecular complexity index is 961. The SMILES string of the molecule is Cc1ccc(S(=O)C(/C=C/C(C)(C)CC#C[Si](C)(C)C)S(=O)c2ccc(C)cc2)cc1. The summed E-state index contributed by atoms with van der Waals surface area (Å²) in [5.41, 5.74) is 5.43. The van der Waals surface area contributed by atoms with Gasteiger partial charge in [-0.2, -0.15) is 0 Å². The van der Waals surface area contributed by atoms with Crippen molar-refractivity contribution in [1.82, 2.24) is 0 Å². The van der Waals surface area contributed by atoms with Gasteiger partial charge in [0.25, 0.3) is 0 Å². The lowest BCUT2D eigenvalue weighted by atomic mass is 9.89. The summed E-state index contributed by atoms with van der Waals surface area (Å²) < 4.78 is 26.3. The average molecular weight is 471 g/mol. The fraction of sp³-hybridized carbons (Fsp3) is 0.385. The van der Waals surface area contributed by atoms with Gasteiger partial charge in [0.15, 0.2) is 0 Å². The molecule has 31 heavy (non-hydrogen) atoms. The van der Waals surface area contributed by atoms with E-state index in [9.17, 15) is 8.42 Å². The molecule has 2 aromatic rings. The predicted molar refractivity (Wildman–Crippen MR) is 138 cm³/mol. The fourth-order valence-corrected chi connectivity index (χ4v) is 6.48. The van der Waals surface area contributed by atoms with Crippen molar-refractivity contribution in [3.63, 3.8) is 0 Å². The monoisotopic (exact) mass is 470 g/mol. The van der Waals surface area contributed by atoms with Crippen LogP contribution in [0.1, 0.15) is 31.4 Å². The van der Waals surface area contributed by atoms with Gasteiger partial charge in [0.05, 0.1) is 21.6 Å². The van der Waals surface area contributed by atoms with E-state index >= 15 is 0 Å². The van der Waals surface area contributed by atoms with Crippen LogP contribution in [0.3, 0.4) is 0 Å². The lowest BCUT2D eigenvalue weighted by Gasteiger charge is -2.19. The Morgan fingerprint density at radius 3 is 1.68 bits per heavy atom. The van der Waals surface area contributed by atoms with Crippen LogP contribution in [0.5, 0.6) is 0 Å². The highest BCUT2D eigenvalue weighted by Crippen LogP contribution is 2.26. The molecule has 166 valence electrons. The quantitative estimate of drug-likeness (QED) is 0.267. The van der Waals surface area contributed by atoms with Crippen molar-refractivity contribution in [2.75, 3.05) is 0 Å². The van der Waals surface area contributed by atoms with Crippen molar-refractivity contribution in [2.45, 2.75) is 68.1 Å². The molecule has 2 nitrogen and oxygen atoms in total. The van der Waals surface area contributed by atoms with Gasteiger partial charge in [-0.05, 0) is 43.5 Å². The zero-order chi connectivity index (χ0) is 23.2. The number of aryl methyl sites for hydroxylation is 2. The minimum absolute atomic E-state index is 0.195. The largest absolute Gasteiger partial charge is 0.253 e. The summed E-state index contributed by atoms with van der Waals surface area (Å²) in [7, 11) is -4.29. The van der Waals surface area contributed by atoms with E-state index in [1.165, 1.54) is 0 Å². The second kappa shape index (κ2) is 10.7. The molecule has 2 atom stereocenters. The minimum atomic E-state index is -1.44. The van der Waals surface area contributed by atoms with Gasteiger partial charge >= 0.3 is 0 Å². The Morgan fingerprint density at radius 1 is 0.871 bits per heavy atom. The average Bonchev–Trinajstić information content (AvgIpc) is 2.67. The van der Waals surface area contributed by atoms with Gasteiger partial charge < -0.3 is 0 Å². The highest BCUT2D eigenvalue weighted by Gasteiger charge is 2.25. The highest BCUT2D eigenvalue weighted by molar-refractivity contribution is 8.03. The summed E-state index contributed by atoms with van der Waals surface area (Å²) in [5, 5.41) is 0. The molecule has 0 aliphatic heterocycles. The van der Waals surface area contributed by atoms with Crippen LogP contribution in [0.25, 0.3) is 0 Å². The molecule has 0 radical (unpaired) electrons. The summed E-state index contributed by atoms with van der Waals surface area (Å²) in [5.74, 6) is 3.33. The van der Waals surface area contributed by atoms with E-state index in [1.54, 1.807) is 0 Å². The van der Waals surface area contributed by atoms with Gasteiger partial charge in [0.2, 0.25) is 0 Å². The van der Waals surface area contributed by atoms with E-state index in [0.717, 1.165) is 17.5 Å². The van der Waals surface area contributed by atoms with Crippen molar-refractivity contribution < 1.29 is 8.42 Å². The normalized spacial score (nSPS) is 15.2. The summed E-state index contributed by atoms with van der Waals surface area (Å²) in [6, 6.07) is 15.2. The lowest BCUT2D eigenvalue weighted by molar-refractivity contribution is 0.496. The third kappa shape index (κ3) is 8.37. The van der Waals surface area contributed by atoms with Gasteiger partial charge in [0, 0.05) is 16.2 Å².